The summed E-state index contributed by atoms with van der Waals surface area (Å²) in [6.07, 6.45) is 1.12. The van der Waals surface area contributed by atoms with Gasteiger partial charge in [-0.05, 0) is 19.4 Å². The van der Waals surface area contributed by atoms with Gasteiger partial charge in [0.05, 0.1) is 12.4 Å². The van der Waals surface area contributed by atoms with Crippen LogP contribution in [0.1, 0.15) is 19.4 Å². The summed E-state index contributed by atoms with van der Waals surface area (Å²) < 4.78 is 30.7. The Bertz CT molecular complexity index is 549. The molecule has 0 saturated carbocycles. The molecule has 0 heterocycles. The molecule has 0 aliphatic rings. The van der Waals surface area contributed by atoms with Gasteiger partial charge in [-0.3, -0.25) is 4.72 Å². The van der Waals surface area contributed by atoms with Crippen LogP contribution in [0.25, 0.3) is 0 Å². The van der Waals surface area contributed by atoms with Crippen molar-refractivity contribution in [3.63, 3.8) is 0 Å². The number of nitrogens with one attached hydrogen (secondary N) is 1. The first-order valence-electron chi connectivity index (χ1n) is 5.82. The number of rotatable bonds is 6. The molecule has 0 fully saturated rings. The summed E-state index contributed by atoms with van der Waals surface area (Å²) in [5.74, 6) is -0.704. The Morgan fingerprint density at radius 2 is 1.95 bits per heavy atom. The highest BCUT2D eigenvalue weighted by Crippen LogP contribution is 2.05. The highest BCUT2D eigenvalue weighted by Gasteiger charge is 2.11. The second kappa shape index (κ2) is 6.94. The molecule has 0 amide bonds. The first-order chi connectivity index (χ1) is 8.93. The summed E-state index contributed by atoms with van der Waals surface area (Å²) in [5.41, 5.74) is 0.910. The number of sulfonamides is 1. The van der Waals surface area contributed by atoms with Gasteiger partial charge in [-0.25, -0.2) is 13.2 Å². The van der Waals surface area contributed by atoms with E-state index in [-0.39, 0.29) is 18.1 Å². The molecule has 0 aromatic heterocycles. The predicted octanol–water partition coefficient (Wildman–Crippen LogP) is 1.57. The molecule has 0 atom stereocenters. The fraction of sp³-hybridized carbons (Fsp3) is 0.308. The molecule has 0 saturated heterocycles. The minimum Gasteiger partial charge on any atom is -0.463 e. The maximum atomic E-state index is 11.8. The molecule has 5 nitrogen and oxygen atoms in total. The lowest BCUT2D eigenvalue weighted by Crippen LogP contribution is -2.24. The molecule has 19 heavy (non-hydrogen) atoms. The average molecular weight is 283 g/mol. The Kier molecular flexibility index (Phi) is 5.57. The minimum absolute atomic E-state index is 0.137. The Hall–Kier alpha value is -1.82. The maximum Gasteiger partial charge on any atom is 0.332 e. The molecular weight excluding hydrogens is 266 g/mol. The maximum absolute atomic E-state index is 11.8. The standard InChI is InChI=1S/C13H17NO4S/c1-3-18-13(15)9-11(2)14-19(16,17)10-12-7-5-4-6-8-12/h4-9,14H,3,10H2,1-2H3/b11-9+. The molecule has 1 aromatic rings. The molecule has 0 bridgehead atoms. The minimum atomic E-state index is -3.52. The average Bonchev–Trinajstić information content (AvgIpc) is 2.28. The number of esters is 1. The molecule has 6 heteroatoms. The second-order valence-electron chi connectivity index (χ2n) is 3.93. The van der Waals surface area contributed by atoms with Crippen molar-refractivity contribution in [3.05, 3.63) is 47.7 Å². The van der Waals surface area contributed by atoms with Crippen LogP contribution >= 0.6 is 0 Å². The van der Waals surface area contributed by atoms with E-state index in [9.17, 15) is 13.2 Å². The van der Waals surface area contributed by atoms with E-state index >= 15 is 0 Å². The van der Waals surface area contributed by atoms with Crippen LogP contribution in [-0.4, -0.2) is 21.0 Å². The second-order valence-corrected chi connectivity index (χ2v) is 5.65. The molecule has 1 N–H and O–H groups in total. The zero-order valence-electron chi connectivity index (χ0n) is 10.9. The van der Waals surface area contributed by atoms with E-state index in [0.717, 1.165) is 6.08 Å². The van der Waals surface area contributed by atoms with Crippen molar-refractivity contribution in [2.75, 3.05) is 6.61 Å². The van der Waals surface area contributed by atoms with Gasteiger partial charge in [0, 0.05) is 11.8 Å². The van der Waals surface area contributed by atoms with Crippen LogP contribution in [0.15, 0.2) is 42.1 Å². The molecule has 0 unspecified atom stereocenters. The Balaban J connectivity index is 2.67. The fourth-order valence-electron chi connectivity index (χ4n) is 1.47. The summed E-state index contributed by atoms with van der Waals surface area (Å²) in [5, 5.41) is 0. The van der Waals surface area contributed by atoms with Crippen molar-refractivity contribution in [1.82, 2.24) is 4.72 Å². The van der Waals surface area contributed by atoms with E-state index < -0.39 is 16.0 Å². The van der Waals surface area contributed by atoms with Gasteiger partial charge in [0.15, 0.2) is 0 Å². The summed E-state index contributed by atoms with van der Waals surface area (Å²) in [7, 11) is -3.52. The topological polar surface area (TPSA) is 72.5 Å². The number of ether oxygens (including phenoxy) is 1. The van der Waals surface area contributed by atoms with Gasteiger partial charge in [0.25, 0.3) is 0 Å². The first kappa shape index (κ1) is 15.2. The zero-order valence-corrected chi connectivity index (χ0v) is 11.7. The van der Waals surface area contributed by atoms with E-state index in [4.69, 9.17) is 4.74 Å². The normalized spacial score (nSPS) is 12.0. The smallest absolute Gasteiger partial charge is 0.332 e. The number of allylic oxidation sites excluding steroid dienone is 1. The summed E-state index contributed by atoms with van der Waals surface area (Å²) >= 11 is 0. The van der Waals surface area contributed by atoms with Gasteiger partial charge < -0.3 is 4.74 Å². The van der Waals surface area contributed by atoms with Gasteiger partial charge >= 0.3 is 5.97 Å². The highest BCUT2D eigenvalue weighted by molar-refractivity contribution is 7.88. The number of carbonyl (C=O) groups excluding carboxylic acids is 1. The molecule has 0 aliphatic heterocycles. The van der Waals surface area contributed by atoms with E-state index in [1.165, 1.54) is 6.92 Å². The fourth-order valence-corrected chi connectivity index (χ4v) is 2.72. The lowest BCUT2D eigenvalue weighted by atomic mass is 10.2. The zero-order chi connectivity index (χ0) is 14.3. The van der Waals surface area contributed by atoms with Crippen LogP contribution < -0.4 is 4.72 Å². The summed E-state index contributed by atoms with van der Waals surface area (Å²) in [6, 6.07) is 8.81. The SMILES string of the molecule is CCOC(=O)/C=C(\C)NS(=O)(=O)Cc1ccccc1. The van der Waals surface area contributed by atoms with Crippen molar-refractivity contribution >= 4 is 16.0 Å². The number of carbonyl (C=O) groups is 1. The van der Waals surface area contributed by atoms with Crippen molar-refractivity contribution in [2.24, 2.45) is 0 Å². The van der Waals surface area contributed by atoms with E-state index in [0.29, 0.717) is 5.56 Å². The van der Waals surface area contributed by atoms with Crippen LogP contribution in [-0.2, 0) is 25.3 Å². The summed E-state index contributed by atoms with van der Waals surface area (Å²) in [4.78, 5) is 11.2. The predicted molar refractivity (Wildman–Crippen MR) is 72.6 cm³/mol. The van der Waals surface area contributed by atoms with E-state index in [2.05, 4.69) is 4.72 Å². The molecule has 1 aromatic carbocycles. The van der Waals surface area contributed by atoms with Crippen LogP contribution in [0.2, 0.25) is 0 Å². The van der Waals surface area contributed by atoms with Crippen molar-refractivity contribution in [2.45, 2.75) is 19.6 Å². The van der Waals surface area contributed by atoms with Crippen LogP contribution in [0.3, 0.4) is 0 Å². The van der Waals surface area contributed by atoms with E-state index in [1.54, 1.807) is 31.2 Å². The van der Waals surface area contributed by atoms with Crippen LogP contribution in [0.5, 0.6) is 0 Å². The third-order valence-corrected chi connectivity index (χ3v) is 3.48. The van der Waals surface area contributed by atoms with Gasteiger partial charge in [-0.2, -0.15) is 0 Å². The number of hydrogen-bond acceptors (Lipinski definition) is 4. The van der Waals surface area contributed by atoms with Crippen molar-refractivity contribution in [1.29, 1.82) is 0 Å². The van der Waals surface area contributed by atoms with Gasteiger partial charge in [-0.1, -0.05) is 30.3 Å². The number of benzene rings is 1. The Morgan fingerprint density at radius 3 is 2.53 bits per heavy atom. The summed E-state index contributed by atoms with van der Waals surface area (Å²) in [6.45, 7) is 3.43. The van der Waals surface area contributed by atoms with Crippen LogP contribution in [0.4, 0.5) is 0 Å². The monoisotopic (exact) mass is 283 g/mol. The van der Waals surface area contributed by atoms with Gasteiger partial charge in [0.2, 0.25) is 10.0 Å². The quantitative estimate of drug-likeness (QED) is 0.635. The van der Waals surface area contributed by atoms with Crippen LogP contribution in [0, 0.1) is 0 Å². The number of hydrogen-bond donors (Lipinski definition) is 1. The van der Waals surface area contributed by atoms with Gasteiger partial charge in [-0.15, -0.1) is 0 Å². The Labute approximate surface area is 113 Å². The lowest BCUT2D eigenvalue weighted by molar-refractivity contribution is -0.137. The van der Waals surface area contributed by atoms with Gasteiger partial charge in [0.1, 0.15) is 0 Å². The lowest BCUT2D eigenvalue weighted by Gasteiger charge is -2.08. The molecule has 104 valence electrons. The van der Waals surface area contributed by atoms with E-state index in [1.807, 2.05) is 6.07 Å². The Morgan fingerprint density at radius 1 is 1.32 bits per heavy atom. The molecule has 0 radical (unpaired) electrons. The van der Waals surface area contributed by atoms with Crippen molar-refractivity contribution < 1.29 is 17.9 Å². The largest absolute Gasteiger partial charge is 0.463 e. The van der Waals surface area contributed by atoms with Crippen molar-refractivity contribution in [3.8, 4) is 0 Å². The molecule has 0 aliphatic carbocycles. The molecular formula is C13H17NO4S. The highest BCUT2D eigenvalue weighted by atomic mass is 32.2. The molecule has 0 spiro atoms. The molecule has 1 rings (SSSR count). The third-order valence-electron chi connectivity index (χ3n) is 2.14. The first-order valence-corrected chi connectivity index (χ1v) is 7.47. The third kappa shape index (κ3) is 6.05.